The minimum atomic E-state index is -1.06. The largest absolute Gasteiger partial charge is 0.480 e. The lowest BCUT2D eigenvalue weighted by atomic mass is 9.97. The molecule has 1 N–H and O–H groups in total. The van der Waals surface area contributed by atoms with Crippen LogP contribution in [0, 0.1) is 5.82 Å². The summed E-state index contributed by atoms with van der Waals surface area (Å²) in [6, 6.07) is 5.94. The molecule has 0 aromatic heterocycles. The van der Waals surface area contributed by atoms with Gasteiger partial charge in [0.15, 0.2) is 0 Å². The second-order valence-corrected chi connectivity index (χ2v) is 4.86. The standard InChI is InChI=1S/C15H20FNO4/c1-11(12-3-5-13(16)6-4-12)9-14(18)17(7-8-21-2)10-15(19)20/h3-6,11H,7-10H2,1-2H3,(H,19,20). The van der Waals surface area contributed by atoms with E-state index in [0.29, 0.717) is 0 Å². The predicted octanol–water partition coefficient (Wildman–Crippen LogP) is 1.88. The van der Waals surface area contributed by atoms with E-state index < -0.39 is 5.97 Å². The zero-order chi connectivity index (χ0) is 15.8. The number of carbonyl (C=O) groups excluding carboxylic acids is 1. The number of halogens is 1. The second kappa shape index (κ2) is 8.36. The smallest absolute Gasteiger partial charge is 0.323 e. The van der Waals surface area contributed by atoms with E-state index in [4.69, 9.17) is 9.84 Å². The van der Waals surface area contributed by atoms with Gasteiger partial charge in [0.05, 0.1) is 6.61 Å². The van der Waals surface area contributed by atoms with Gasteiger partial charge < -0.3 is 14.7 Å². The van der Waals surface area contributed by atoms with Crippen molar-refractivity contribution in [2.45, 2.75) is 19.3 Å². The quantitative estimate of drug-likeness (QED) is 0.795. The fourth-order valence-electron chi connectivity index (χ4n) is 1.96. The highest BCUT2D eigenvalue weighted by atomic mass is 19.1. The van der Waals surface area contributed by atoms with Gasteiger partial charge in [0.2, 0.25) is 5.91 Å². The first-order valence-corrected chi connectivity index (χ1v) is 6.68. The lowest BCUT2D eigenvalue weighted by Crippen LogP contribution is -2.38. The first-order chi connectivity index (χ1) is 9.93. The molecule has 0 bridgehead atoms. The Balaban J connectivity index is 2.66. The van der Waals surface area contributed by atoms with Crippen LogP contribution in [0.2, 0.25) is 0 Å². The van der Waals surface area contributed by atoms with Crippen molar-refractivity contribution in [3.63, 3.8) is 0 Å². The van der Waals surface area contributed by atoms with Crippen molar-refractivity contribution in [3.8, 4) is 0 Å². The minimum absolute atomic E-state index is 0.114. The SMILES string of the molecule is COCCN(CC(=O)O)C(=O)CC(C)c1ccc(F)cc1. The maximum absolute atomic E-state index is 12.9. The molecule has 1 aromatic carbocycles. The van der Waals surface area contributed by atoms with Gasteiger partial charge in [0.25, 0.3) is 0 Å². The van der Waals surface area contributed by atoms with Crippen LogP contribution < -0.4 is 0 Å². The Morgan fingerprint density at radius 1 is 1.33 bits per heavy atom. The zero-order valence-corrected chi connectivity index (χ0v) is 12.2. The number of carboxylic acids is 1. The summed E-state index contributed by atoms with van der Waals surface area (Å²) < 4.78 is 17.7. The van der Waals surface area contributed by atoms with Gasteiger partial charge in [0.1, 0.15) is 12.4 Å². The predicted molar refractivity (Wildman–Crippen MR) is 75.5 cm³/mol. The molecule has 116 valence electrons. The van der Waals surface area contributed by atoms with Crippen molar-refractivity contribution in [2.24, 2.45) is 0 Å². The molecule has 0 saturated carbocycles. The fraction of sp³-hybridized carbons (Fsp3) is 0.467. The number of carbonyl (C=O) groups is 2. The molecule has 1 rings (SSSR count). The average molecular weight is 297 g/mol. The normalized spacial score (nSPS) is 12.0. The lowest BCUT2D eigenvalue weighted by molar-refractivity contribution is -0.145. The number of rotatable bonds is 8. The van der Waals surface area contributed by atoms with Crippen molar-refractivity contribution < 1.29 is 23.8 Å². The summed E-state index contributed by atoms with van der Waals surface area (Å²) in [5, 5.41) is 8.84. The van der Waals surface area contributed by atoms with Crippen molar-refractivity contribution in [2.75, 3.05) is 26.8 Å². The third-order valence-electron chi connectivity index (χ3n) is 3.16. The number of methoxy groups -OCH3 is 1. The summed E-state index contributed by atoms with van der Waals surface area (Å²) in [6.07, 6.45) is 0.169. The summed E-state index contributed by atoms with van der Waals surface area (Å²) in [7, 11) is 1.49. The van der Waals surface area contributed by atoms with Gasteiger partial charge in [-0.25, -0.2) is 4.39 Å². The highest BCUT2D eigenvalue weighted by Gasteiger charge is 2.19. The van der Waals surface area contributed by atoms with Gasteiger partial charge in [0, 0.05) is 20.1 Å². The third-order valence-corrected chi connectivity index (χ3v) is 3.16. The molecule has 0 aliphatic heterocycles. The molecule has 0 aliphatic carbocycles. The summed E-state index contributed by atoms with van der Waals surface area (Å²) in [6.45, 7) is 2.01. The molecule has 6 heteroatoms. The highest BCUT2D eigenvalue weighted by molar-refractivity contribution is 5.81. The number of carboxylic acid groups (broad SMARTS) is 1. The molecule has 1 atom stereocenters. The monoisotopic (exact) mass is 297 g/mol. The van der Waals surface area contributed by atoms with E-state index in [9.17, 15) is 14.0 Å². The van der Waals surface area contributed by atoms with Crippen LogP contribution in [0.4, 0.5) is 4.39 Å². The molecule has 21 heavy (non-hydrogen) atoms. The molecule has 1 unspecified atom stereocenters. The number of aliphatic carboxylic acids is 1. The van der Waals surface area contributed by atoms with Crippen LogP contribution in [0.15, 0.2) is 24.3 Å². The molecule has 0 aliphatic rings. The van der Waals surface area contributed by atoms with E-state index in [2.05, 4.69) is 0 Å². The van der Waals surface area contributed by atoms with Crippen LogP contribution in [0.5, 0.6) is 0 Å². The van der Waals surface area contributed by atoms with Crippen molar-refractivity contribution in [3.05, 3.63) is 35.6 Å². The Bertz CT molecular complexity index is 475. The molecular weight excluding hydrogens is 277 g/mol. The Morgan fingerprint density at radius 2 is 1.95 bits per heavy atom. The van der Waals surface area contributed by atoms with Gasteiger partial charge >= 0.3 is 5.97 Å². The first kappa shape index (κ1) is 17.1. The maximum atomic E-state index is 12.9. The van der Waals surface area contributed by atoms with E-state index in [0.717, 1.165) is 5.56 Å². The number of nitrogens with zero attached hydrogens (tertiary/aromatic N) is 1. The zero-order valence-electron chi connectivity index (χ0n) is 12.2. The number of ether oxygens (including phenoxy) is 1. The van der Waals surface area contributed by atoms with Gasteiger partial charge in [-0.3, -0.25) is 9.59 Å². The van der Waals surface area contributed by atoms with Crippen LogP contribution in [0.25, 0.3) is 0 Å². The van der Waals surface area contributed by atoms with Crippen LogP contribution >= 0.6 is 0 Å². The van der Waals surface area contributed by atoms with Crippen LogP contribution in [0.3, 0.4) is 0 Å². The number of amides is 1. The van der Waals surface area contributed by atoms with E-state index in [1.54, 1.807) is 12.1 Å². The number of hydrogen-bond acceptors (Lipinski definition) is 3. The average Bonchev–Trinajstić information content (AvgIpc) is 2.43. The second-order valence-electron chi connectivity index (χ2n) is 4.86. The minimum Gasteiger partial charge on any atom is -0.480 e. The number of benzene rings is 1. The summed E-state index contributed by atoms with van der Waals surface area (Å²) in [5.74, 6) is -1.76. The Morgan fingerprint density at radius 3 is 2.48 bits per heavy atom. The Hall–Kier alpha value is -1.95. The fourth-order valence-corrected chi connectivity index (χ4v) is 1.96. The van der Waals surface area contributed by atoms with E-state index in [-0.39, 0.29) is 43.8 Å². The van der Waals surface area contributed by atoms with E-state index in [1.165, 1.54) is 24.1 Å². The van der Waals surface area contributed by atoms with Crippen molar-refractivity contribution in [1.82, 2.24) is 4.90 Å². The molecular formula is C15H20FNO4. The molecule has 0 heterocycles. The summed E-state index contributed by atoms with van der Waals surface area (Å²) in [5.41, 5.74) is 0.840. The van der Waals surface area contributed by atoms with Crippen LogP contribution in [-0.4, -0.2) is 48.7 Å². The molecule has 0 saturated heterocycles. The molecule has 1 amide bonds. The lowest BCUT2D eigenvalue weighted by Gasteiger charge is -2.22. The van der Waals surface area contributed by atoms with Gasteiger partial charge in [-0.1, -0.05) is 19.1 Å². The highest BCUT2D eigenvalue weighted by Crippen LogP contribution is 2.20. The third kappa shape index (κ3) is 5.91. The Kier molecular flexibility index (Phi) is 6.81. The molecule has 0 radical (unpaired) electrons. The molecule has 0 spiro atoms. The maximum Gasteiger partial charge on any atom is 0.323 e. The Labute approximate surface area is 123 Å². The molecule has 1 aromatic rings. The van der Waals surface area contributed by atoms with Crippen molar-refractivity contribution in [1.29, 1.82) is 0 Å². The number of hydrogen-bond donors (Lipinski definition) is 1. The first-order valence-electron chi connectivity index (χ1n) is 6.68. The summed E-state index contributed by atoms with van der Waals surface area (Å²) in [4.78, 5) is 24.2. The van der Waals surface area contributed by atoms with Gasteiger partial charge in [-0.05, 0) is 23.6 Å². The van der Waals surface area contributed by atoms with E-state index in [1.807, 2.05) is 6.92 Å². The van der Waals surface area contributed by atoms with E-state index >= 15 is 0 Å². The van der Waals surface area contributed by atoms with Gasteiger partial charge in [-0.2, -0.15) is 0 Å². The topological polar surface area (TPSA) is 66.8 Å². The molecule has 5 nitrogen and oxygen atoms in total. The van der Waals surface area contributed by atoms with Crippen LogP contribution in [-0.2, 0) is 14.3 Å². The van der Waals surface area contributed by atoms with Gasteiger partial charge in [-0.15, -0.1) is 0 Å². The van der Waals surface area contributed by atoms with Crippen LogP contribution in [0.1, 0.15) is 24.8 Å². The summed E-state index contributed by atoms with van der Waals surface area (Å²) >= 11 is 0. The molecule has 0 fully saturated rings. The van der Waals surface area contributed by atoms with Crippen molar-refractivity contribution >= 4 is 11.9 Å².